The molecule has 7 nitrogen and oxygen atoms in total. The monoisotopic (exact) mass is 410 g/mol. The zero-order valence-corrected chi connectivity index (χ0v) is 17.7. The Bertz CT molecular complexity index is 944. The number of piperidine rings is 1. The van der Waals surface area contributed by atoms with Crippen LogP contribution in [0.3, 0.4) is 0 Å². The highest BCUT2D eigenvalue weighted by Gasteiger charge is 2.14. The number of pyridine rings is 1. The van der Waals surface area contributed by atoms with Crippen molar-refractivity contribution in [3.05, 3.63) is 63.6 Å². The molecule has 1 aromatic carbocycles. The Morgan fingerprint density at radius 3 is 2.37 bits per heavy atom. The van der Waals surface area contributed by atoms with E-state index in [-0.39, 0.29) is 29.6 Å². The van der Waals surface area contributed by atoms with Gasteiger partial charge in [-0.15, -0.1) is 0 Å². The molecule has 0 atom stereocenters. The molecule has 2 N–H and O–H groups in total. The second-order valence-electron chi connectivity index (χ2n) is 7.85. The summed E-state index contributed by atoms with van der Waals surface area (Å²) in [5, 5.41) is 5.56. The van der Waals surface area contributed by atoms with Crippen LogP contribution in [0.2, 0.25) is 0 Å². The molecule has 0 aliphatic carbocycles. The lowest BCUT2D eigenvalue weighted by molar-refractivity contribution is -0.121. The Kier molecular flexibility index (Phi) is 7.41. The van der Waals surface area contributed by atoms with Crippen molar-refractivity contribution >= 4 is 17.5 Å². The van der Waals surface area contributed by atoms with Crippen LogP contribution in [0.1, 0.15) is 40.9 Å². The van der Waals surface area contributed by atoms with E-state index in [2.05, 4.69) is 15.5 Å². The molecule has 1 aliphatic rings. The first kappa shape index (κ1) is 21.8. The Morgan fingerprint density at radius 2 is 1.67 bits per heavy atom. The molecule has 160 valence electrons. The number of anilines is 1. The maximum absolute atomic E-state index is 12.8. The Morgan fingerprint density at radius 1 is 0.967 bits per heavy atom. The zero-order chi connectivity index (χ0) is 21.5. The van der Waals surface area contributed by atoms with Gasteiger partial charge in [0.2, 0.25) is 5.91 Å². The summed E-state index contributed by atoms with van der Waals surface area (Å²) in [6.07, 6.45) is 3.70. The molecule has 0 radical (unpaired) electrons. The number of carbonyl (C=O) groups is 2. The molecular weight excluding hydrogens is 380 g/mol. The lowest BCUT2D eigenvalue weighted by Gasteiger charge is -2.26. The minimum absolute atomic E-state index is 0.0705. The first-order valence-electron chi connectivity index (χ1n) is 10.5. The second-order valence-corrected chi connectivity index (χ2v) is 7.85. The van der Waals surface area contributed by atoms with E-state index < -0.39 is 0 Å². The molecule has 30 heavy (non-hydrogen) atoms. The van der Waals surface area contributed by atoms with Gasteiger partial charge < -0.3 is 20.1 Å². The number of rotatable bonds is 7. The minimum atomic E-state index is -0.387. The number of benzene rings is 1. The topological polar surface area (TPSA) is 83.4 Å². The van der Waals surface area contributed by atoms with Crippen LogP contribution in [0, 0.1) is 13.8 Å². The Labute approximate surface area is 177 Å². The number of aromatic nitrogens is 1. The molecule has 1 aliphatic heterocycles. The molecule has 3 rings (SSSR count). The summed E-state index contributed by atoms with van der Waals surface area (Å²) in [5.41, 5.74) is 1.96. The maximum atomic E-state index is 12.8. The minimum Gasteiger partial charge on any atom is -0.353 e. The lowest BCUT2D eigenvalue weighted by atomic mass is 10.1. The van der Waals surface area contributed by atoms with Crippen molar-refractivity contribution in [3.63, 3.8) is 0 Å². The molecular formula is C23H30N4O3. The van der Waals surface area contributed by atoms with Gasteiger partial charge in [0, 0.05) is 24.3 Å². The van der Waals surface area contributed by atoms with E-state index in [0.29, 0.717) is 17.8 Å². The van der Waals surface area contributed by atoms with E-state index >= 15 is 0 Å². The van der Waals surface area contributed by atoms with Gasteiger partial charge in [0.05, 0.1) is 0 Å². The summed E-state index contributed by atoms with van der Waals surface area (Å²) in [6.45, 7) is 7.20. The van der Waals surface area contributed by atoms with Crippen molar-refractivity contribution in [3.8, 4) is 0 Å². The second kappa shape index (κ2) is 10.2. The van der Waals surface area contributed by atoms with Crippen LogP contribution >= 0.6 is 0 Å². The lowest BCUT2D eigenvalue weighted by Crippen LogP contribution is -2.40. The average Bonchev–Trinajstić information content (AvgIpc) is 2.74. The summed E-state index contributed by atoms with van der Waals surface area (Å²) in [6, 6.07) is 10.4. The predicted octanol–water partition coefficient (Wildman–Crippen LogP) is 2.32. The summed E-state index contributed by atoms with van der Waals surface area (Å²) < 4.78 is 1.39. The SMILES string of the molecule is Cc1ccc(C(=O)Nc2ccc(C)n(CC(=O)NCCN3CCCCC3)c2=O)cc1. The highest BCUT2D eigenvalue weighted by atomic mass is 16.2. The third kappa shape index (κ3) is 5.79. The van der Waals surface area contributed by atoms with E-state index in [1.807, 2.05) is 19.1 Å². The van der Waals surface area contributed by atoms with Crippen LogP contribution in [0.15, 0.2) is 41.2 Å². The van der Waals surface area contributed by atoms with Gasteiger partial charge in [0.15, 0.2) is 0 Å². The molecule has 2 heterocycles. The molecule has 2 aromatic rings. The van der Waals surface area contributed by atoms with Crippen molar-refractivity contribution in [1.82, 2.24) is 14.8 Å². The highest BCUT2D eigenvalue weighted by Crippen LogP contribution is 2.09. The molecule has 1 saturated heterocycles. The van der Waals surface area contributed by atoms with Crippen molar-refractivity contribution in [2.24, 2.45) is 0 Å². The number of likely N-dealkylation sites (tertiary alicyclic amines) is 1. The van der Waals surface area contributed by atoms with Crippen LogP contribution in [-0.2, 0) is 11.3 Å². The fourth-order valence-corrected chi connectivity index (χ4v) is 3.60. The van der Waals surface area contributed by atoms with Crippen LogP contribution in [0.4, 0.5) is 5.69 Å². The number of aryl methyl sites for hydroxylation is 2. The van der Waals surface area contributed by atoms with Gasteiger partial charge in [-0.2, -0.15) is 0 Å². The first-order chi connectivity index (χ1) is 14.4. The first-order valence-corrected chi connectivity index (χ1v) is 10.5. The zero-order valence-electron chi connectivity index (χ0n) is 17.7. The third-order valence-electron chi connectivity index (χ3n) is 5.46. The molecule has 0 bridgehead atoms. The smallest absolute Gasteiger partial charge is 0.274 e. The van der Waals surface area contributed by atoms with E-state index in [1.165, 1.54) is 23.8 Å². The van der Waals surface area contributed by atoms with Crippen LogP contribution in [0.25, 0.3) is 0 Å². The van der Waals surface area contributed by atoms with Crippen LogP contribution in [-0.4, -0.2) is 47.5 Å². The summed E-state index contributed by atoms with van der Waals surface area (Å²) >= 11 is 0. The number of nitrogens with one attached hydrogen (secondary N) is 2. The van der Waals surface area contributed by atoms with Crippen molar-refractivity contribution in [2.75, 3.05) is 31.5 Å². The van der Waals surface area contributed by atoms with Crippen molar-refractivity contribution < 1.29 is 9.59 Å². The Hall–Kier alpha value is -2.93. The number of hydrogen-bond donors (Lipinski definition) is 2. The van der Waals surface area contributed by atoms with Gasteiger partial charge in [0.25, 0.3) is 11.5 Å². The number of carbonyl (C=O) groups excluding carboxylic acids is 2. The summed E-state index contributed by atoms with van der Waals surface area (Å²) in [4.78, 5) is 40.0. The molecule has 1 aromatic heterocycles. The number of amides is 2. The van der Waals surface area contributed by atoms with E-state index in [1.54, 1.807) is 31.2 Å². The molecule has 0 saturated carbocycles. The fraction of sp³-hybridized carbons (Fsp3) is 0.435. The van der Waals surface area contributed by atoms with Gasteiger partial charge in [-0.05, 0) is 64.0 Å². The van der Waals surface area contributed by atoms with E-state index in [0.717, 1.165) is 25.2 Å². The molecule has 1 fully saturated rings. The quantitative estimate of drug-likeness (QED) is 0.734. The van der Waals surface area contributed by atoms with Gasteiger partial charge in [0.1, 0.15) is 12.2 Å². The summed E-state index contributed by atoms with van der Waals surface area (Å²) in [5.74, 6) is -0.562. The van der Waals surface area contributed by atoms with Gasteiger partial charge in [-0.1, -0.05) is 24.1 Å². The molecule has 0 unspecified atom stereocenters. The van der Waals surface area contributed by atoms with E-state index in [9.17, 15) is 14.4 Å². The molecule has 2 amide bonds. The normalized spacial score (nSPS) is 14.3. The van der Waals surface area contributed by atoms with Gasteiger partial charge in [-0.3, -0.25) is 14.4 Å². The average molecular weight is 411 g/mol. The van der Waals surface area contributed by atoms with Crippen LogP contribution in [0.5, 0.6) is 0 Å². The molecule has 0 spiro atoms. The van der Waals surface area contributed by atoms with E-state index in [4.69, 9.17) is 0 Å². The van der Waals surface area contributed by atoms with Crippen LogP contribution < -0.4 is 16.2 Å². The van der Waals surface area contributed by atoms with Gasteiger partial charge in [-0.25, -0.2) is 0 Å². The standard InChI is InChI=1S/C23H30N4O3/c1-17-6-9-19(10-7-17)22(29)25-20-11-8-18(2)27(23(20)30)16-21(28)24-12-15-26-13-4-3-5-14-26/h6-11H,3-5,12-16H2,1-2H3,(H,24,28)(H,25,29). The number of nitrogens with zero attached hydrogens (tertiary/aromatic N) is 2. The van der Waals surface area contributed by atoms with Crippen molar-refractivity contribution in [2.45, 2.75) is 39.7 Å². The Balaban J connectivity index is 1.60. The maximum Gasteiger partial charge on any atom is 0.274 e. The fourth-order valence-electron chi connectivity index (χ4n) is 3.60. The highest BCUT2D eigenvalue weighted by molar-refractivity contribution is 6.04. The largest absolute Gasteiger partial charge is 0.353 e. The number of hydrogen-bond acceptors (Lipinski definition) is 4. The third-order valence-corrected chi connectivity index (χ3v) is 5.46. The van der Waals surface area contributed by atoms with Gasteiger partial charge >= 0.3 is 0 Å². The predicted molar refractivity (Wildman–Crippen MR) is 118 cm³/mol. The summed E-state index contributed by atoms with van der Waals surface area (Å²) in [7, 11) is 0. The van der Waals surface area contributed by atoms with Crippen molar-refractivity contribution in [1.29, 1.82) is 0 Å². The molecule has 7 heteroatoms.